The molecule has 1 amide bonds. The number of nitrogens with zero attached hydrogens (tertiary/aromatic N) is 3. The number of hydrogen-bond acceptors (Lipinski definition) is 7. The second-order valence-electron chi connectivity index (χ2n) is 8.57. The van der Waals surface area contributed by atoms with Crippen LogP contribution < -0.4 is 27.2 Å². The van der Waals surface area contributed by atoms with Crippen molar-refractivity contribution in [3.63, 3.8) is 0 Å². The van der Waals surface area contributed by atoms with Gasteiger partial charge in [0.1, 0.15) is 5.82 Å². The second kappa shape index (κ2) is 10.7. The summed E-state index contributed by atoms with van der Waals surface area (Å²) in [6.45, 7) is 5.55. The summed E-state index contributed by atoms with van der Waals surface area (Å²) in [4.78, 5) is 52.7. The number of hydrogen-bond donors (Lipinski definition) is 3. The lowest BCUT2D eigenvalue weighted by Crippen LogP contribution is -2.44. The van der Waals surface area contributed by atoms with Gasteiger partial charge in [-0.3, -0.25) is 29.3 Å². The first-order valence-electron chi connectivity index (χ1n) is 11.0. The Hall–Kier alpha value is -4.41. The van der Waals surface area contributed by atoms with E-state index in [1.165, 1.54) is 21.6 Å². The zero-order valence-corrected chi connectivity index (χ0v) is 19.8. The molecule has 0 atom stereocenters. The summed E-state index contributed by atoms with van der Waals surface area (Å²) in [5, 5.41) is 14.0. The molecule has 11 heteroatoms. The highest BCUT2D eigenvalue weighted by molar-refractivity contribution is 5.98. The van der Waals surface area contributed by atoms with Gasteiger partial charge in [-0.25, -0.2) is 4.79 Å². The average Bonchev–Trinajstić information content (AvgIpc) is 2.80. The Bertz CT molecular complexity index is 1350. The van der Waals surface area contributed by atoms with E-state index in [0.717, 1.165) is 5.56 Å². The van der Waals surface area contributed by atoms with Crippen LogP contribution in [0.3, 0.4) is 0 Å². The number of carbonyl (C=O) groups is 1. The van der Waals surface area contributed by atoms with Crippen LogP contribution in [-0.2, 0) is 11.3 Å². The number of nitrogen functional groups attached to an aromatic ring is 1. The van der Waals surface area contributed by atoms with Crippen LogP contribution in [0.15, 0.2) is 58.1 Å². The van der Waals surface area contributed by atoms with Gasteiger partial charge in [0.05, 0.1) is 18.0 Å². The lowest BCUT2D eigenvalue weighted by Gasteiger charge is -2.26. The molecule has 0 aliphatic heterocycles. The van der Waals surface area contributed by atoms with Gasteiger partial charge in [-0.2, -0.15) is 0 Å². The molecule has 1 heterocycles. The van der Waals surface area contributed by atoms with Crippen LogP contribution in [0.25, 0.3) is 0 Å². The maximum Gasteiger partial charge on any atom is 0.330 e. The van der Waals surface area contributed by atoms with E-state index in [1.54, 1.807) is 13.0 Å². The summed E-state index contributed by atoms with van der Waals surface area (Å²) in [5.74, 6) is -0.623. The Morgan fingerprint density at radius 3 is 2.51 bits per heavy atom. The fourth-order valence-corrected chi connectivity index (χ4v) is 3.62. The van der Waals surface area contributed by atoms with Crippen LogP contribution in [0.1, 0.15) is 25.0 Å². The topological polar surface area (TPSA) is 156 Å². The van der Waals surface area contributed by atoms with Gasteiger partial charge in [0.2, 0.25) is 5.91 Å². The summed E-state index contributed by atoms with van der Waals surface area (Å²) < 4.78 is 1.21. The zero-order chi connectivity index (χ0) is 25.7. The number of nitrogens with two attached hydrogens (primary N) is 1. The number of aromatic nitrogens is 2. The fourth-order valence-electron chi connectivity index (χ4n) is 3.62. The van der Waals surface area contributed by atoms with Crippen LogP contribution in [0.2, 0.25) is 0 Å². The van der Waals surface area contributed by atoms with Gasteiger partial charge < -0.3 is 16.0 Å². The lowest BCUT2D eigenvalue weighted by atomic mass is 10.1. The third-order valence-electron chi connectivity index (χ3n) is 5.38. The van der Waals surface area contributed by atoms with Crippen LogP contribution in [0.5, 0.6) is 0 Å². The summed E-state index contributed by atoms with van der Waals surface area (Å²) in [6, 6.07) is 13.4. The Kier molecular flexibility index (Phi) is 7.69. The third kappa shape index (κ3) is 5.94. The van der Waals surface area contributed by atoms with Crippen molar-refractivity contribution >= 4 is 28.8 Å². The first-order valence-corrected chi connectivity index (χ1v) is 11.0. The Morgan fingerprint density at radius 1 is 1.20 bits per heavy atom. The number of nitro groups is 1. The molecular formula is C24H28N6O5. The highest BCUT2D eigenvalue weighted by Crippen LogP contribution is 2.23. The fraction of sp³-hybridized carbons (Fsp3) is 0.292. The number of aromatic amines is 1. The predicted molar refractivity (Wildman–Crippen MR) is 135 cm³/mol. The highest BCUT2D eigenvalue weighted by atomic mass is 16.6. The number of rotatable bonds is 9. The minimum Gasteiger partial charge on any atom is -0.383 e. The van der Waals surface area contributed by atoms with Crippen molar-refractivity contribution in [3.8, 4) is 0 Å². The molecule has 184 valence electrons. The summed E-state index contributed by atoms with van der Waals surface area (Å²) in [6.07, 6.45) is 0. The normalized spacial score (nSPS) is 10.9. The van der Waals surface area contributed by atoms with Gasteiger partial charge in [0, 0.05) is 24.4 Å². The summed E-state index contributed by atoms with van der Waals surface area (Å²) in [5.41, 5.74) is 6.55. The molecule has 0 saturated carbocycles. The molecule has 11 nitrogen and oxygen atoms in total. The zero-order valence-electron chi connectivity index (χ0n) is 19.8. The Balaban J connectivity index is 1.96. The van der Waals surface area contributed by atoms with Crippen LogP contribution in [-0.4, -0.2) is 33.5 Å². The molecule has 3 aromatic rings. The first-order chi connectivity index (χ1) is 16.6. The molecule has 0 unspecified atom stereocenters. The van der Waals surface area contributed by atoms with E-state index in [0.29, 0.717) is 11.3 Å². The van der Waals surface area contributed by atoms with Crippen molar-refractivity contribution < 1.29 is 9.72 Å². The number of amides is 1. The molecule has 4 N–H and O–H groups in total. The molecule has 2 aromatic carbocycles. The van der Waals surface area contributed by atoms with E-state index in [2.05, 4.69) is 10.3 Å². The van der Waals surface area contributed by atoms with Crippen molar-refractivity contribution in [2.45, 2.75) is 27.3 Å². The van der Waals surface area contributed by atoms with E-state index >= 15 is 0 Å². The Morgan fingerprint density at radius 2 is 1.89 bits per heavy atom. The average molecular weight is 481 g/mol. The largest absolute Gasteiger partial charge is 0.383 e. The van der Waals surface area contributed by atoms with Gasteiger partial charge in [-0.1, -0.05) is 50.2 Å². The SMILES string of the molecule is Cc1ccc([N+](=O)[O-])cc1NCC(=O)N(CC(C)C)c1c(N)n(Cc2ccccc2)c(=O)[nH]c1=O. The molecule has 35 heavy (non-hydrogen) atoms. The quantitative estimate of drug-likeness (QED) is 0.314. The smallest absolute Gasteiger partial charge is 0.330 e. The van der Waals surface area contributed by atoms with Gasteiger partial charge in [0.25, 0.3) is 11.2 Å². The van der Waals surface area contributed by atoms with Crippen LogP contribution >= 0.6 is 0 Å². The molecule has 0 aliphatic carbocycles. The van der Waals surface area contributed by atoms with Gasteiger partial charge in [-0.05, 0) is 24.0 Å². The summed E-state index contributed by atoms with van der Waals surface area (Å²) in [7, 11) is 0. The highest BCUT2D eigenvalue weighted by Gasteiger charge is 2.25. The number of non-ortho nitro benzene ring substituents is 1. The van der Waals surface area contributed by atoms with E-state index in [4.69, 9.17) is 5.73 Å². The molecule has 1 aromatic heterocycles. The van der Waals surface area contributed by atoms with E-state index in [9.17, 15) is 24.5 Å². The molecule has 0 bridgehead atoms. The number of aryl methyl sites for hydroxylation is 1. The van der Waals surface area contributed by atoms with Crippen molar-refractivity contribution in [2.24, 2.45) is 5.92 Å². The van der Waals surface area contributed by atoms with Crippen LogP contribution in [0.4, 0.5) is 22.9 Å². The number of benzene rings is 2. The van der Waals surface area contributed by atoms with Crippen molar-refractivity contribution in [1.29, 1.82) is 0 Å². The molecule has 0 fully saturated rings. The standard InChI is InChI=1S/C24H28N6O5/c1-15(2)13-28(20(31)12-26-19-11-18(30(34)35)10-9-16(19)3)21-22(25)29(24(33)27-23(21)32)14-17-7-5-4-6-8-17/h4-11,15,26H,12-14,25H2,1-3H3,(H,27,32,33). The van der Waals surface area contributed by atoms with Crippen molar-refractivity contribution in [1.82, 2.24) is 9.55 Å². The third-order valence-corrected chi connectivity index (χ3v) is 5.38. The minimum absolute atomic E-state index is 0.0215. The minimum atomic E-state index is -0.766. The first kappa shape index (κ1) is 25.2. The van der Waals surface area contributed by atoms with Gasteiger partial charge in [-0.15, -0.1) is 0 Å². The molecule has 3 rings (SSSR count). The van der Waals surface area contributed by atoms with Gasteiger partial charge >= 0.3 is 5.69 Å². The molecule has 0 saturated heterocycles. The maximum atomic E-state index is 13.3. The van der Waals surface area contributed by atoms with E-state index in [-0.39, 0.29) is 42.7 Å². The molecule has 0 aliphatic rings. The van der Waals surface area contributed by atoms with Crippen molar-refractivity contribution in [3.05, 3.63) is 90.6 Å². The maximum absolute atomic E-state index is 13.3. The number of H-pyrrole nitrogens is 1. The Labute approximate surface area is 201 Å². The number of carbonyl (C=O) groups excluding carboxylic acids is 1. The molecule has 0 spiro atoms. The van der Waals surface area contributed by atoms with E-state index in [1.807, 2.05) is 44.2 Å². The number of nitro benzene ring substituents is 1. The monoisotopic (exact) mass is 480 g/mol. The molecule has 0 radical (unpaired) electrons. The van der Waals surface area contributed by atoms with Gasteiger partial charge in [0.15, 0.2) is 5.69 Å². The summed E-state index contributed by atoms with van der Waals surface area (Å²) >= 11 is 0. The second-order valence-corrected chi connectivity index (χ2v) is 8.57. The predicted octanol–water partition coefficient (Wildman–Crippen LogP) is 2.48. The lowest BCUT2D eigenvalue weighted by molar-refractivity contribution is -0.384. The van der Waals surface area contributed by atoms with Crippen molar-refractivity contribution in [2.75, 3.05) is 29.0 Å². The number of nitrogens with one attached hydrogen (secondary N) is 2. The van der Waals surface area contributed by atoms with Crippen LogP contribution in [0, 0.1) is 23.0 Å². The van der Waals surface area contributed by atoms with E-state index < -0.39 is 22.1 Å². The molecular weight excluding hydrogens is 452 g/mol. The number of anilines is 3.